The van der Waals surface area contributed by atoms with Crippen molar-refractivity contribution in [1.29, 1.82) is 5.26 Å². The standard InChI is InChI=1S/C19H18N4O2S2/c20-13-16(27(24,25)17-9-6-12-26-17)18-19(23-10-4-1-5-11-23)22-15-8-3-2-7-14(15)21-18/h2-3,6-9,12,16H,1,4-5,10-11H2. The summed E-state index contributed by atoms with van der Waals surface area (Å²) in [4.78, 5) is 11.4. The van der Waals surface area contributed by atoms with E-state index in [1.165, 1.54) is 6.07 Å². The molecule has 0 saturated carbocycles. The van der Waals surface area contributed by atoms with Gasteiger partial charge < -0.3 is 4.90 Å². The molecule has 0 spiro atoms. The number of thiophene rings is 1. The molecule has 2 aromatic heterocycles. The van der Waals surface area contributed by atoms with Crippen LogP contribution in [0, 0.1) is 11.3 Å². The number of hydrogen-bond acceptors (Lipinski definition) is 7. The van der Waals surface area contributed by atoms with Crippen molar-refractivity contribution in [2.75, 3.05) is 18.0 Å². The fourth-order valence-electron chi connectivity index (χ4n) is 3.34. The third kappa shape index (κ3) is 3.29. The number of sulfone groups is 1. The first kappa shape index (κ1) is 17.9. The summed E-state index contributed by atoms with van der Waals surface area (Å²) in [7, 11) is -3.86. The van der Waals surface area contributed by atoms with Crippen molar-refractivity contribution >= 4 is 38.0 Å². The van der Waals surface area contributed by atoms with Crippen LogP contribution in [-0.4, -0.2) is 31.5 Å². The quantitative estimate of drug-likeness (QED) is 0.666. The highest BCUT2D eigenvalue weighted by molar-refractivity contribution is 7.93. The van der Waals surface area contributed by atoms with E-state index in [1.807, 2.05) is 24.3 Å². The van der Waals surface area contributed by atoms with Gasteiger partial charge in [-0.05, 0) is 42.8 Å². The molecule has 0 amide bonds. The molecule has 0 aliphatic carbocycles. The average Bonchev–Trinajstić information content (AvgIpc) is 3.24. The van der Waals surface area contributed by atoms with Crippen LogP contribution >= 0.6 is 11.3 Å². The molecule has 1 aliphatic heterocycles. The van der Waals surface area contributed by atoms with E-state index in [4.69, 9.17) is 4.98 Å². The molecule has 1 saturated heterocycles. The highest BCUT2D eigenvalue weighted by Crippen LogP contribution is 2.36. The normalized spacial score (nSPS) is 16.2. The van der Waals surface area contributed by atoms with Crippen molar-refractivity contribution in [1.82, 2.24) is 9.97 Å². The van der Waals surface area contributed by atoms with E-state index in [0.29, 0.717) is 16.9 Å². The lowest BCUT2D eigenvalue weighted by atomic mass is 10.1. The summed E-state index contributed by atoms with van der Waals surface area (Å²) >= 11 is 1.11. The van der Waals surface area contributed by atoms with Crippen LogP contribution in [0.1, 0.15) is 30.2 Å². The SMILES string of the molecule is N#CC(c1nc2ccccc2nc1N1CCCCC1)S(=O)(=O)c1cccs1. The van der Waals surface area contributed by atoms with Gasteiger partial charge in [-0.3, -0.25) is 0 Å². The van der Waals surface area contributed by atoms with Gasteiger partial charge in [-0.2, -0.15) is 5.26 Å². The molecule has 4 rings (SSSR count). The van der Waals surface area contributed by atoms with E-state index in [2.05, 4.69) is 9.88 Å². The van der Waals surface area contributed by atoms with Gasteiger partial charge in [0.05, 0.1) is 17.1 Å². The Labute approximate surface area is 162 Å². The zero-order chi connectivity index (χ0) is 18.9. The lowest BCUT2D eigenvalue weighted by Gasteiger charge is -2.29. The summed E-state index contributed by atoms with van der Waals surface area (Å²) in [6.45, 7) is 1.58. The molecule has 1 fully saturated rings. The molecule has 3 heterocycles. The molecular formula is C19H18N4O2S2. The summed E-state index contributed by atoms with van der Waals surface area (Å²) in [5.41, 5.74) is 1.52. The Hall–Kier alpha value is -2.50. The van der Waals surface area contributed by atoms with Gasteiger partial charge in [-0.15, -0.1) is 11.3 Å². The molecule has 1 atom stereocenters. The third-order valence-corrected chi connectivity index (χ3v) is 7.98. The van der Waals surface area contributed by atoms with Gasteiger partial charge in [0.25, 0.3) is 0 Å². The average molecular weight is 399 g/mol. The van der Waals surface area contributed by atoms with Crippen LogP contribution in [-0.2, 0) is 9.84 Å². The number of piperidine rings is 1. The Morgan fingerprint density at radius 1 is 1.04 bits per heavy atom. The number of nitrogens with zero attached hydrogens (tertiary/aromatic N) is 4. The number of aromatic nitrogens is 2. The number of rotatable bonds is 4. The van der Waals surface area contributed by atoms with Crippen LogP contribution in [0.4, 0.5) is 5.82 Å². The van der Waals surface area contributed by atoms with E-state index in [-0.39, 0.29) is 9.90 Å². The first-order valence-corrected chi connectivity index (χ1v) is 11.2. The zero-order valence-corrected chi connectivity index (χ0v) is 16.2. The first-order valence-electron chi connectivity index (χ1n) is 8.80. The van der Waals surface area contributed by atoms with Gasteiger partial charge in [-0.1, -0.05) is 18.2 Å². The molecular weight excluding hydrogens is 380 g/mol. The maximum atomic E-state index is 13.1. The Balaban J connectivity index is 1.91. The molecule has 3 aromatic rings. The Morgan fingerprint density at radius 2 is 1.74 bits per heavy atom. The van der Waals surface area contributed by atoms with Crippen LogP contribution in [0.2, 0.25) is 0 Å². The van der Waals surface area contributed by atoms with E-state index in [9.17, 15) is 13.7 Å². The third-order valence-electron chi connectivity index (χ3n) is 4.69. The van der Waals surface area contributed by atoms with Crippen LogP contribution in [0.5, 0.6) is 0 Å². The van der Waals surface area contributed by atoms with Crippen molar-refractivity contribution in [2.24, 2.45) is 0 Å². The van der Waals surface area contributed by atoms with Gasteiger partial charge in [0, 0.05) is 13.1 Å². The predicted molar refractivity (Wildman–Crippen MR) is 105 cm³/mol. The molecule has 1 aromatic carbocycles. The van der Waals surface area contributed by atoms with Gasteiger partial charge >= 0.3 is 0 Å². The summed E-state index contributed by atoms with van der Waals surface area (Å²) in [5, 5.41) is 10.1. The molecule has 8 heteroatoms. The van der Waals surface area contributed by atoms with Crippen molar-refractivity contribution in [2.45, 2.75) is 28.7 Å². The summed E-state index contributed by atoms with van der Waals surface area (Å²) in [5.74, 6) is 0.514. The van der Waals surface area contributed by atoms with Crippen LogP contribution in [0.3, 0.4) is 0 Å². The second-order valence-corrected chi connectivity index (χ2v) is 9.66. The largest absolute Gasteiger partial charge is 0.355 e. The second-order valence-electron chi connectivity index (χ2n) is 6.46. The van der Waals surface area contributed by atoms with Gasteiger partial charge in [0.1, 0.15) is 9.90 Å². The monoisotopic (exact) mass is 398 g/mol. The van der Waals surface area contributed by atoms with E-state index in [0.717, 1.165) is 43.7 Å². The maximum absolute atomic E-state index is 13.1. The summed E-state index contributed by atoms with van der Waals surface area (Å²) in [6, 6.07) is 12.5. The lowest BCUT2D eigenvalue weighted by Crippen LogP contribution is -2.32. The Kier molecular flexibility index (Phi) is 4.81. The molecule has 0 N–H and O–H groups in total. The molecule has 0 bridgehead atoms. The summed E-state index contributed by atoms with van der Waals surface area (Å²) in [6.07, 6.45) is 3.17. The van der Waals surface area contributed by atoms with E-state index in [1.54, 1.807) is 17.5 Å². The zero-order valence-electron chi connectivity index (χ0n) is 14.6. The molecule has 138 valence electrons. The molecule has 27 heavy (non-hydrogen) atoms. The number of benzene rings is 1. The molecule has 1 unspecified atom stereocenters. The molecule has 0 radical (unpaired) electrons. The predicted octanol–water partition coefficient (Wildman–Crippen LogP) is 3.72. The second kappa shape index (κ2) is 7.25. The van der Waals surface area contributed by atoms with E-state index >= 15 is 0 Å². The van der Waals surface area contributed by atoms with Crippen molar-refractivity contribution in [3.63, 3.8) is 0 Å². The van der Waals surface area contributed by atoms with Crippen LogP contribution < -0.4 is 4.90 Å². The van der Waals surface area contributed by atoms with Crippen molar-refractivity contribution in [3.8, 4) is 6.07 Å². The van der Waals surface area contributed by atoms with E-state index < -0.39 is 15.1 Å². The molecule has 1 aliphatic rings. The van der Waals surface area contributed by atoms with Crippen molar-refractivity contribution < 1.29 is 8.42 Å². The lowest BCUT2D eigenvalue weighted by molar-refractivity contribution is 0.569. The fraction of sp³-hybridized carbons (Fsp3) is 0.316. The topological polar surface area (TPSA) is 86.9 Å². The first-order chi connectivity index (χ1) is 13.1. The van der Waals surface area contributed by atoms with Crippen molar-refractivity contribution in [3.05, 3.63) is 47.5 Å². The highest BCUT2D eigenvalue weighted by Gasteiger charge is 2.35. The maximum Gasteiger partial charge on any atom is 0.209 e. The number of para-hydroxylation sites is 2. The Morgan fingerprint density at radius 3 is 2.37 bits per heavy atom. The minimum absolute atomic E-state index is 0.175. The van der Waals surface area contributed by atoms with Gasteiger partial charge in [-0.25, -0.2) is 18.4 Å². The highest BCUT2D eigenvalue weighted by atomic mass is 32.2. The number of anilines is 1. The van der Waals surface area contributed by atoms with Crippen LogP contribution in [0.15, 0.2) is 46.0 Å². The summed E-state index contributed by atoms with van der Waals surface area (Å²) < 4.78 is 26.4. The van der Waals surface area contributed by atoms with Gasteiger partial charge in [0.15, 0.2) is 11.1 Å². The van der Waals surface area contributed by atoms with Crippen LogP contribution in [0.25, 0.3) is 11.0 Å². The minimum atomic E-state index is -3.86. The Bertz CT molecular complexity index is 1100. The smallest absolute Gasteiger partial charge is 0.209 e. The molecule has 6 nitrogen and oxygen atoms in total. The number of hydrogen-bond donors (Lipinski definition) is 0. The minimum Gasteiger partial charge on any atom is -0.355 e. The fourth-order valence-corrected chi connectivity index (χ4v) is 5.87. The number of nitriles is 1. The number of fused-ring (bicyclic) bond motifs is 1. The van der Waals surface area contributed by atoms with Gasteiger partial charge in [0.2, 0.25) is 9.84 Å².